The van der Waals surface area contributed by atoms with Gasteiger partial charge in [-0.3, -0.25) is 0 Å². The molecule has 2 heterocycles. The molecule has 1 aromatic carbocycles. The van der Waals surface area contributed by atoms with Crippen molar-refractivity contribution in [2.24, 2.45) is 0 Å². The molecule has 3 N–H and O–H groups in total. The standard InChI is InChI=1S/C19H24N2O3S/c1-11(2)20-18(25)21-8-7-19-6-5-13(22)9-15(19)24-17-14(23)4-3-12(10-21)16(17)19/h3-6,11,13,15,22-23H,7-10H2,1-2H3,(H,20,25)/t13-,15-,19?/m1/s1. The second kappa shape index (κ2) is 5.88. The number of aromatic hydroxyl groups is 1. The van der Waals surface area contributed by atoms with Crippen LogP contribution in [0.4, 0.5) is 0 Å². The van der Waals surface area contributed by atoms with E-state index in [2.05, 4.69) is 30.1 Å². The highest BCUT2D eigenvalue weighted by atomic mass is 32.1. The molecule has 0 saturated carbocycles. The van der Waals surface area contributed by atoms with Crippen LogP contribution in [0.5, 0.6) is 11.5 Å². The fourth-order valence-electron chi connectivity index (χ4n) is 4.30. The first-order valence-electron chi connectivity index (χ1n) is 8.85. The zero-order valence-corrected chi connectivity index (χ0v) is 15.3. The zero-order chi connectivity index (χ0) is 17.8. The number of ether oxygens (including phenoxy) is 1. The lowest BCUT2D eigenvalue weighted by Crippen LogP contribution is -2.45. The maximum absolute atomic E-state index is 10.3. The molecule has 1 aromatic rings. The summed E-state index contributed by atoms with van der Waals surface area (Å²) < 4.78 is 6.11. The lowest BCUT2D eigenvalue weighted by atomic mass is 9.69. The minimum Gasteiger partial charge on any atom is -0.504 e. The Morgan fingerprint density at radius 1 is 1.44 bits per heavy atom. The van der Waals surface area contributed by atoms with Gasteiger partial charge in [-0.15, -0.1) is 0 Å². The Kier molecular flexibility index (Phi) is 3.92. The van der Waals surface area contributed by atoms with Crippen molar-refractivity contribution < 1.29 is 14.9 Å². The van der Waals surface area contributed by atoms with Gasteiger partial charge in [0, 0.05) is 31.1 Å². The van der Waals surface area contributed by atoms with Crippen molar-refractivity contribution in [3.63, 3.8) is 0 Å². The molecule has 25 heavy (non-hydrogen) atoms. The minimum absolute atomic E-state index is 0.152. The van der Waals surface area contributed by atoms with E-state index in [0.717, 1.165) is 29.2 Å². The maximum atomic E-state index is 10.3. The normalized spacial score (nSPS) is 29.7. The first-order valence-corrected chi connectivity index (χ1v) is 9.26. The number of aliphatic hydroxyl groups is 1. The summed E-state index contributed by atoms with van der Waals surface area (Å²) >= 11 is 5.59. The van der Waals surface area contributed by atoms with Crippen molar-refractivity contribution in [1.29, 1.82) is 0 Å². The van der Waals surface area contributed by atoms with Crippen molar-refractivity contribution >= 4 is 17.3 Å². The highest BCUT2D eigenvalue weighted by molar-refractivity contribution is 7.80. The van der Waals surface area contributed by atoms with Crippen LogP contribution in [-0.2, 0) is 12.0 Å². The quantitative estimate of drug-likeness (QED) is 0.527. The molecule has 1 spiro atoms. The number of hydrogen-bond acceptors (Lipinski definition) is 4. The Morgan fingerprint density at radius 2 is 2.24 bits per heavy atom. The molecule has 5 nitrogen and oxygen atoms in total. The minimum atomic E-state index is -0.501. The molecule has 0 bridgehead atoms. The van der Waals surface area contributed by atoms with Crippen LogP contribution in [0.25, 0.3) is 0 Å². The summed E-state index contributed by atoms with van der Waals surface area (Å²) in [5, 5.41) is 24.4. The largest absolute Gasteiger partial charge is 0.504 e. The smallest absolute Gasteiger partial charge is 0.169 e. The van der Waals surface area contributed by atoms with E-state index < -0.39 is 6.10 Å². The number of benzene rings is 1. The summed E-state index contributed by atoms with van der Waals surface area (Å²) in [6.45, 7) is 5.64. The van der Waals surface area contributed by atoms with Crippen molar-refractivity contribution in [2.75, 3.05) is 6.54 Å². The molecular weight excluding hydrogens is 336 g/mol. The van der Waals surface area contributed by atoms with E-state index in [-0.39, 0.29) is 23.3 Å². The molecule has 6 heteroatoms. The summed E-state index contributed by atoms with van der Waals surface area (Å²) in [5.41, 5.74) is 1.89. The summed E-state index contributed by atoms with van der Waals surface area (Å²) in [6.07, 6.45) is 4.68. The highest BCUT2D eigenvalue weighted by Gasteiger charge is 2.52. The third-order valence-electron chi connectivity index (χ3n) is 5.45. The fourth-order valence-corrected chi connectivity index (χ4v) is 4.69. The van der Waals surface area contributed by atoms with Gasteiger partial charge < -0.3 is 25.2 Å². The Balaban J connectivity index is 1.78. The second-order valence-electron chi connectivity index (χ2n) is 7.53. The van der Waals surface area contributed by atoms with Crippen LogP contribution in [0.3, 0.4) is 0 Å². The van der Waals surface area contributed by atoms with Gasteiger partial charge in [-0.2, -0.15) is 0 Å². The van der Waals surface area contributed by atoms with Gasteiger partial charge in [-0.05, 0) is 44.1 Å². The van der Waals surface area contributed by atoms with Crippen molar-refractivity contribution in [3.05, 3.63) is 35.4 Å². The molecule has 3 atom stereocenters. The molecule has 3 aliphatic rings. The Morgan fingerprint density at radius 3 is 3.00 bits per heavy atom. The molecule has 0 fully saturated rings. The molecule has 0 saturated heterocycles. The molecular formula is C19H24N2O3S. The van der Waals surface area contributed by atoms with Gasteiger partial charge in [0.15, 0.2) is 16.6 Å². The lowest BCUT2D eigenvalue weighted by molar-refractivity contribution is 0.0833. The van der Waals surface area contributed by atoms with Gasteiger partial charge in [-0.25, -0.2) is 0 Å². The highest BCUT2D eigenvalue weighted by Crippen LogP contribution is 2.55. The van der Waals surface area contributed by atoms with Gasteiger partial charge in [0.1, 0.15) is 6.10 Å². The molecule has 4 rings (SSSR count). The van der Waals surface area contributed by atoms with E-state index in [4.69, 9.17) is 17.0 Å². The predicted molar refractivity (Wildman–Crippen MR) is 99.9 cm³/mol. The van der Waals surface area contributed by atoms with E-state index in [1.807, 2.05) is 12.1 Å². The Labute approximate surface area is 153 Å². The fraction of sp³-hybridized carbons (Fsp3) is 0.526. The van der Waals surface area contributed by atoms with E-state index in [0.29, 0.717) is 18.7 Å². The summed E-state index contributed by atoms with van der Waals surface area (Å²) in [5.74, 6) is 0.748. The number of phenolic OH excluding ortho intramolecular Hbond substituents is 1. The van der Waals surface area contributed by atoms with E-state index in [1.54, 1.807) is 6.07 Å². The van der Waals surface area contributed by atoms with Crippen LogP contribution in [0, 0.1) is 0 Å². The molecule has 0 aromatic heterocycles. The van der Waals surface area contributed by atoms with Crippen LogP contribution in [0.15, 0.2) is 24.3 Å². The Hall–Kier alpha value is -1.79. The number of rotatable bonds is 1. The van der Waals surface area contributed by atoms with Crippen LogP contribution >= 0.6 is 12.2 Å². The summed E-state index contributed by atoms with van der Waals surface area (Å²) in [4.78, 5) is 2.19. The van der Waals surface area contributed by atoms with E-state index >= 15 is 0 Å². The number of hydrogen-bond donors (Lipinski definition) is 3. The number of aliphatic hydroxyl groups excluding tert-OH is 1. The molecule has 1 aliphatic carbocycles. The first-order chi connectivity index (χ1) is 11.9. The molecule has 1 unspecified atom stereocenters. The monoisotopic (exact) mass is 360 g/mol. The van der Waals surface area contributed by atoms with Gasteiger partial charge in [0.2, 0.25) is 0 Å². The zero-order valence-electron chi connectivity index (χ0n) is 14.5. The van der Waals surface area contributed by atoms with Gasteiger partial charge in [0.05, 0.1) is 11.5 Å². The van der Waals surface area contributed by atoms with Crippen LogP contribution < -0.4 is 10.1 Å². The topological polar surface area (TPSA) is 65.0 Å². The maximum Gasteiger partial charge on any atom is 0.169 e. The molecule has 134 valence electrons. The number of nitrogens with zero attached hydrogens (tertiary/aromatic N) is 1. The van der Waals surface area contributed by atoms with Crippen LogP contribution in [0.2, 0.25) is 0 Å². The van der Waals surface area contributed by atoms with E-state index in [9.17, 15) is 10.2 Å². The predicted octanol–water partition coefficient (Wildman–Crippen LogP) is 2.20. The van der Waals surface area contributed by atoms with Crippen molar-refractivity contribution in [3.8, 4) is 11.5 Å². The third kappa shape index (κ3) is 2.59. The number of nitrogens with one attached hydrogen (secondary N) is 1. The van der Waals surface area contributed by atoms with E-state index in [1.165, 1.54) is 0 Å². The Bertz CT molecular complexity index is 748. The summed E-state index contributed by atoms with van der Waals surface area (Å²) in [7, 11) is 0. The lowest BCUT2D eigenvalue weighted by Gasteiger charge is -2.36. The third-order valence-corrected chi connectivity index (χ3v) is 5.83. The molecule has 0 radical (unpaired) electrons. The van der Waals surface area contributed by atoms with Gasteiger partial charge >= 0.3 is 0 Å². The van der Waals surface area contributed by atoms with Crippen LogP contribution in [-0.4, -0.2) is 45.0 Å². The molecule has 0 amide bonds. The SMILES string of the molecule is CC(C)NC(=S)N1CCC23C=C[C@@H](O)C[C@H]2Oc2c(O)ccc(c23)C1. The average Bonchev–Trinajstić information content (AvgIpc) is 2.78. The van der Waals surface area contributed by atoms with Crippen molar-refractivity contribution in [2.45, 2.75) is 56.9 Å². The van der Waals surface area contributed by atoms with Gasteiger partial charge in [-0.1, -0.05) is 18.2 Å². The first kappa shape index (κ1) is 16.7. The van der Waals surface area contributed by atoms with Crippen molar-refractivity contribution in [1.82, 2.24) is 10.2 Å². The second-order valence-corrected chi connectivity index (χ2v) is 7.92. The summed E-state index contributed by atoms with van der Waals surface area (Å²) in [6, 6.07) is 3.95. The van der Waals surface area contributed by atoms with Gasteiger partial charge in [0.25, 0.3) is 0 Å². The average molecular weight is 360 g/mol. The van der Waals surface area contributed by atoms with Crippen LogP contribution in [0.1, 0.15) is 37.8 Å². The number of thiocarbonyl (C=S) groups is 1. The number of phenols is 1. The molecule has 2 aliphatic heterocycles.